The highest BCUT2D eigenvalue weighted by atomic mass is 35.5. The lowest BCUT2D eigenvalue weighted by Gasteiger charge is -2.37. The molecule has 3 rings (SSSR count). The Bertz CT molecular complexity index is 826. The van der Waals surface area contributed by atoms with Crippen molar-refractivity contribution in [1.82, 2.24) is 14.7 Å². The summed E-state index contributed by atoms with van der Waals surface area (Å²) >= 11 is 12.6. The van der Waals surface area contributed by atoms with E-state index in [9.17, 15) is 4.79 Å². The van der Waals surface area contributed by atoms with Gasteiger partial charge in [0.2, 0.25) is 0 Å². The fourth-order valence-electron chi connectivity index (χ4n) is 3.48. The van der Waals surface area contributed by atoms with Crippen LogP contribution in [-0.4, -0.2) is 46.8 Å². The predicted octanol–water partition coefficient (Wildman–Crippen LogP) is 4.57. The highest BCUT2D eigenvalue weighted by Gasteiger charge is 2.28. The van der Waals surface area contributed by atoms with Gasteiger partial charge < -0.3 is 9.80 Å². The first-order valence-electron chi connectivity index (χ1n) is 9.45. The number of halogens is 2. The maximum atomic E-state index is 13.0. The number of rotatable bonds is 5. The first-order chi connectivity index (χ1) is 12.9. The molecule has 0 bridgehead atoms. The minimum absolute atomic E-state index is 0.0253. The van der Waals surface area contributed by atoms with E-state index in [0.29, 0.717) is 29.5 Å². The van der Waals surface area contributed by atoms with E-state index in [2.05, 4.69) is 23.8 Å². The van der Waals surface area contributed by atoms with Crippen LogP contribution in [0.5, 0.6) is 0 Å². The predicted molar refractivity (Wildman–Crippen MR) is 111 cm³/mol. The highest BCUT2D eigenvalue weighted by Crippen LogP contribution is 2.27. The zero-order chi connectivity index (χ0) is 19.6. The van der Waals surface area contributed by atoms with Crippen molar-refractivity contribution < 1.29 is 4.79 Å². The average molecular weight is 409 g/mol. The van der Waals surface area contributed by atoms with Gasteiger partial charge in [0, 0.05) is 43.4 Å². The summed E-state index contributed by atoms with van der Waals surface area (Å²) < 4.78 is 1.75. The van der Waals surface area contributed by atoms with Crippen molar-refractivity contribution in [2.24, 2.45) is 0 Å². The summed E-state index contributed by atoms with van der Waals surface area (Å²) in [5.74, 6) is -0.0253. The molecule has 2 heterocycles. The molecule has 146 valence electrons. The number of amides is 1. The van der Waals surface area contributed by atoms with Gasteiger partial charge >= 0.3 is 0 Å². The molecule has 1 aromatic carbocycles. The molecule has 1 aromatic heterocycles. The van der Waals surface area contributed by atoms with Crippen molar-refractivity contribution in [2.75, 3.05) is 31.1 Å². The molecule has 27 heavy (non-hydrogen) atoms. The Balaban J connectivity index is 1.70. The van der Waals surface area contributed by atoms with Crippen LogP contribution in [0.4, 0.5) is 5.69 Å². The van der Waals surface area contributed by atoms with Gasteiger partial charge in [-0.05, 0) is 38.0 Å². The lowest BCUT2D eigenvalue weighted by atomic mass is 10.1. The third-order valence-electron chi connectivity index (χ3n) is 5.08. The normalized spacial score (nSPS) is 14.7. The molecule has 0 aliphatic carbocycles. The molecule has 0 atom stereocenters. The van der Waals surface area contributed by atoms with Crippen molar-refractivity contribution in [2.45, 2.75) is 40.2 Å². The number of hydrogen-bond donors (Lipinski definition) is 0. The molecule has 0 radical (unpaired) electrons. The minimum atomic E-state index is -0.0253. The number of aromatic nitrogens is 2. The zero-order valence-corrected chi connectivity index (χ0v) is 17.6. The molecule has 0 N–H and O–H groups in total. The molecule has 7 heteroatoms. The van der Waals surface area contributed by atoms with Crippen molar-refractivity contribution in [3.8, 4) is 0 Å². The van der Waals surface area contributed by atoms with Crippen molar-refractivity contribution in [3.63, 3.8) is 0 Å². The average Bonchev–Trinajstić information content (AvgIpc) is 2.95. The summed E-state index contributed by atoms with van der Waals surface area (Å²) in [6.07, 6.45) is 2.05. The zero-order valence-electron chi connectivity index (χ0n) is 16.1. The number of piperazine rings is 1. The van der Waals surface area contributed by atoms with Gasteiger partial charge in [-0.3, -0.25) is 9.48 Å². The second kappa shape index (κ2) is 8.53. The van der Waals surface area contributed by atoms with Crippen LogP contribution in [0.25, 0.3) is 0 Å². The SMILES string of the molecule is CCCCn1nc(C)c(C(=O)N2CCN(c3cc(Cl)ccc3C)CC2)c1Cl. The standard InChI is InChI=1S/C20H26Cl2N4O/c1-4-5-8-26-19(22)18(15(3)23-26)20(27)25-11-9-24(10-12-25)17-13-16(21)7-6-14(17)2/h6-7,13H,4-5,8-12H2,1-3H3. The Kier molecular flexibility index (Phi) is 6.33. The Hall–Kier alpha value is -1.72. The molecule has 5 nitrogen and oxygen atoms in total. The minimum Gasteiger partial charge on any atom is -0.368 e. The van der Waals surface area contributed by atoms with E-state index in [0.717, 1.165) is 43.2 Å². The molecule has 1 aliphatic heterocycles. The molecule has 0 saturated carbocycles. The third-order valence-corrected chi connectivity index (χ3v) is 5.70. The summed E-state index contributed by atoms with van der Waals surface area (Å²) in [6, 6.07) is 5.93. The van der Waals surface area contributed by atoms with Crippen molar-refractivity contribution in [1.29, 1.82) is 0 Å². The second-order valence-corrected chi connectivity index (χ2v) is 7.83. The van der Waals surface area contributed by atoms with Gasteiger partial charge in [-0.15, -0.1) is 0 Å². The molecular weight excluding hydrogens is 383 g/mol. The fraction of sp³-hybridized carbons (Fsp3) is 0.500. The van der Waals surface area contributed by atoms with Crippen LogP contribution in [0.15, 0.2) is 18.2 Å². The number of nitrogens with zero attached hydrogens (tertiary/aromatic N) is 4. The number of anilines is 1. The van der Waals surface area contributed by atoms with E-state index in [1.165, 1.54) is 5.56 Å². The molecule has 1 fully saturated rings. The molecule has 2 aromatic rings. The number of benzene rings is 1. The number of hydrogen-bond acceptors (Lipinski definition) is 3. The number of carbonyl (C=O) groups is 1. The summed E-state index contributed by atoms with van der Waals surface area (Å²) in [6.45, 7) is 9.65. The lowest BCUT2D eigenvalue weighted by molar-refractivity contribution is 0.0746. The molecule has 1 saturated heterocycles. The van der Waals surface area contributed by atoms with E-state index >= 15 is 0 Å². The van der Waals surface area contributed by atoms with Crippen LogP contribution in [0.3, 0.4) is 0 Å². The fourth-order valence-corrected chi connectivity index (χ4v) is 3.99. The molecule has 1 amide bonds. The Labute approximate surface area is 170 Å². The summed E-state index contributed by atoms with van der Waals surface area (Å²) in [5.41, 5.74) is 3.57. The van der Waals surface area contributed by atoms with E-state index in [-0.39, 0.29) is 5.91 Å². The third kappa shape index (κ3) is 4.25. The van der Waals surface area contributed by atoms with Crippen LogP contribution in [0, 0.1) is 13.8 Å². The molecule has 0 spiro atoms. The van der Waals surface area contributed by atoms with Gasteiger partial charge in [-0.2, -0.15) is 5.10 Å². The Morgan fingerprint density at radius 1 is 1.15 bits per heavy atom. The van der Waals surface area contributed by atoms with Gasteiger partial charge in [0.25, 0.3) is 5.91 Å². The molecule has 0 unspecified atom stereocenters. The van der Waals surface area contributed by atoms with Crippen LogP contribution in [0.2, 0.25) is 10.2 Å². The van der Waals surface area contributed by atoms with Crippen molar-refractivity contribution >= 4 is 34.8 Å². The van der Waals surface area contributed by atoms with Crippen LogP contribution in [0.1, 0.15) is 41.4 Å². The molecule has 1 aliphatic rings. The van der Waals surface area contributed by atoms with Crippen LogP contribution < -0.4 is 4.90 Å². The summed E-state index contributed by atoms with van der Waals surface area (Å²) in [7, 11) is 0. The van der Waals surface area contributed by atoms with Gasteiger partial charge in [0.1, 0.15) is 5.15 Å². The summed E-state index contributed by atoms with van der Waals surface area (Å²) in [4.78, 5) is 17.2. The van der Waals surface area contributed by atoms with Crippen molar-refractivity contribution in [3.05, 3.63) is 45.2 Å². The van der Waals surface area contributed by atoms with Gasteiger partial charge in [-0.25, -0.2) is 0 Å². The second-order valence-electron chi connectivity index (χ2n) is 7.04. The highest BCUT2D eigenvalue weighted by molar-refractivity contribution is 6.33. The monoisotopic (exact) mass is 408 g/mol. The van der Waals surface area contributed by atoms with Crippen LogP contribution >= 0.6 is 23.2 Å². The smallest absolute Gasteiger partial charge is 0.259 e. The van der Waals surface area contributed by atoms with E-state index in [4.69, 9.17) is 23.2 Å². The number of aryl methyl sites for hydroxylation is 3. The molecular formula is C20H26Cl2N4O. The largest absolute Gasteiger partial charge is 0.368 e. The van der Waals surface area contributed by atoms with E-state index in [1.807, 2.05) is 30.0 Å². The first kappa shape index (κ1) is 20.0. The number of carbonyl (C=O) groups excluding carboxylic acids is 1. The van der Waals surface area contributed by atoms with Crippen LogP contribution in [-0.2, 0) is 6.54 Å². The van der Waals surface area contributed by atoms with E-state index < -0.39 is 0 Å². The van der Waals surface area contributed by atoms with Gasteiger partial charge in [-0.1, -0.05) is 42.6 Å². The first-order valence-corrected chi connectivity index (χ1v) is 10.2. The Morgan fingerprint density at radius 2 is 1.85 bits per heavy atom. The quantitative estimate of drug-likeness (QED) is 0.727. The topological polar surface area (TPSA) is 41.4 Å². The Morgan fingerprint density at radius 3 is 2.52 bits per heavy atom. The lowest BCUT2D eigenvalue weighted by Crippen LogP contribution is -2.49. The van der Waals surface area contributed by atoms with Gasteiger partial charge in [0.15, 0.2) is 0 Å². The maximum Gasteiger partial charge on any atom is 0.259 e. The van der Waals surface area contributed by atoms with E-state index in [1.54, 1.807) is 4.68 Å². The number of unbranched alkanes of at least 4 members (excludes halogenated alkanes) is 1. The van der Waals surface area contributed by atoms with Gasteiger partial charge in [0.05, 0.1) is 11.3 Å². The summed E-state index contributed by atoms with van der Waals surface area (Å²) in [5, 5.41) is 5.65. The maximum absolute atomic E-state index is 13.0.